The van der Waals surface area contributed by atoms with Crippen LogP contribution in [-0.4, -0.2) is 37.0 Å². The highest BCUT2D eigenvalue weighted by atomic mass is 32.2. The number of rotatable bonds is 6. The molecule has 2 heterocycles. The highest BCUT2D eigenvalue weighted by molar-refractivity contribution is 7.89. The Morgan fingerprint density at radius 2 is 1.94 bits per heavy atom. The highest BCUT2D eigenvalue weighted by Gasteiger charge is 2.28. The van der Waals surface area contributed by atoms with Gasteiger partial charge in [0, 0.05) is 29.6 Å². The summed E-state index contributed by atoms with van der Waals surface area (Å²) in [7, 11) is -3.51. The predicted molar refractivity (Wildman–Crippen MR) is 140 cm³/mol. The van der Waals surface area contributed by atoms with Crippen LogP contribution in [0.15, 0.2) is 82.1 Å². The van der Waals surface area contributed by atoms with E-state index < -0.39 is 10.0 Å². The van der Waals surface area contributed by atoms with Gasteiger partial charge in [0.1, 0.15) is 0 Å². The molecule has 1 aliphatic heterocycles. The van der Waals surface area contributed by atoms with E-state index in [4.69, 9.17) is 0 Å². The SMILES string of the molecule is CC1CCCN(S(=O)(=O)c2cccc(-c3csc(N/N=C/c4cccc5ccccc45)n3)c2)C1. The first-order chi connectivity index (χ1) is 16.5. The second kappa shape index (κ2) is 9.66. The van der Waals surface area contributed by atoms with Crippen LogP contribution in [0.2, 0.25) is 0 Å². The first-order valence-electron chi connectivity index (χ1n) is 11.3. The number of benzene rings is 3. The average Bonchev–Trinajstić information content (AvgIpc) is 3.33. The first-order valence-corrected chi connectivity index (χ1v) is 13.7. The van der Waals surface area contributed by atoms with Gasteiger partial charge in [-0.2, -0.15) is 9.41 Å². The van der Waals surface area contributed by atoms with Crippen molar-refractivity contribution in [1.29, 1.82) is 0 Å². The molecule has 1 N–H and O–H groups in total. The fraction of sp³-hybridized carbons (Fsp3) is 0.231. The maximum atomic E-state index is 13.2. The van der Waals surface area contributed by atoms with E-state index in [1.807, 2.05) is 35.7 Å². The minimum absolute atomic E-state index is 0.315. The number of nitrogens with one attached hydrogen (secondary N) is 1. The Morgan fingerprint density at radius 1 is 1.12 bits per heavy atom. The third-order valence-corrected chi connectivity index (χ3v) is 8.69. The molecule has 5 rings (SSSR count). The predicted octanol–water partition coefficient (Wildman–Crippen LogP) is 5.83. The molecule has 1 aliphatic rings. The zero-order chi connectivity index (χ0) is 23.5. The van der Waals surface area contributed by atoms with E-state index in [9.17, 15) is 8.42 Å². The van der Waals surface area contributed by atoms with Gasteiger partial charge < -0.3 is 0 Å². The summed E-state index contributed by atoms with van der Waals surface area (Å²) in [5.74, 6) is 0.383. The van der Waals surface area contributed by atoms with Crippen LogP contribution < -0.4 is 5.43 Å². The zero-order valence-electron chi connectivity index (χ0n) is 18.9. The van der Waals surface area contributed by atoms with Gasteiger partial charge in [0.05, 0.1) is 16.8 Å². The van der Waals surface area contributed by atoms with Crippen LogP contribution >= 0.6 is 11.3 Å². The lowest BCUT2D eigenvalue weighted by molar-refractivity contribution is 0.281. The number of piperidine rings is 1. The molecule has 4 aromatic rings. The molecular formula is C26H26N4O2S2. The van der Waals surface area contributed by atoms with Crippen molar-refractivity contribution in [3.05, 3.63) is 77.7 Å². The number of anilines is 1. The van der Waals surface area contributed by atoms with Crippen LogP contribution in [-0.2, 0) is 10.0 Å². The standard InChI is InChI=1S/C26H26N4O2S2/c1-19-7-6-14-30(17-19)34(31,32)23-12-5-10-21(15-23)25-18-33-26(28-25)29-27-16-22-11-4-9-20-8-2-3-13-24(20)22/h2-5,8-13,15-16,18-19H,6-7,14,17H2,1H3,(H,28,29)/b27-16+. The summed E-state index contributed by atoms with van der Waals surface area (Å²) in [4.78, 5) is 4.92. The van der Waals surface area contributed by atoms with Crippen LogP contribution in [0.25, 0.3) is 22.0 Å². The van der Waals surface area contributed by atoms with Crippen LogP contribution in [0.4, 0.5) is 5.13 Å². The smallest absolute Gasteiger partial charge is 0.243 e. The normalized spacial score (nSPS) is 17.4. The van der Waals surface area contributed by atoms with Gasteiger partial charge >= 0.3 is 0 Å². The van der Waals surface area contributed by atoms with E-state index in [2.05, 4.69) is 40.6 Å². The molecule has 1 atom stereocenters. The Bertz CT molecular complexity index is 1440. The van der Waals surface area contributed by atoms with Gasteiger partial charge in [-0.1, -0.05) is 61.5 Å². The molecule has 3 aromatic carbocycles. The molecule has 0 radical (unpaired) electrons. The average molecular weight is 491 g/mol. The van der Waals surface area contributed by atoms with Crippen molar-refractivity contribution in [3.8, 4) is 11.3 Å². The summed E-state index contributed by atoms with van der Waals surface area (Å²) in [6.07, 6.45) is 3.76. The molecule has 1 saturated heterocycles. The quantitative estimate of drug-likeness (QED) is 0.273. The van der Waals surface area contributed by atoms with E-state index in [0.29, 0.717) is 29.0 Å². The molecule has 0 spiro atoms. The zero-order valence-corrected chi connectivity index (χ0v) is 20.5. The third kappa shape index (κ3) is 4.75. The van der Waals surface area contributed by atoms with Gasteiger partial charge in [-0.3, -0.25) is 5.43 Å². The number of fused-ring (bicyclic) bond motifs is 1. The molecule has 1 unspecified atom stereocenters. The molecule has 0 aliphatic carbocycles. The second-order valence-corrected chi connectivity index (χ2v) is 11.4. The largest absolute Gasteiger partial charge is 0.253 e. The highest BCUT2D eigenvalue weighted by Crippen LogP contribution is 2.29. The summed E-state index contributed by atoms with van der Waals surface area (Å²) in [5, 5.41) is 9.21. The van der Waals surface area contributed by atoms with Gasteiger partial charge in [0.15, 0.2) is 0 Å². The lowest BCUT2D eigenvalue weighted by atomic mass is 10.0. The van der Waals surface area contributed by atoms with E-state index in [1.54, 1.807) is 28.7 Å². The van der Waals surface area contributed by atoms with E-state index in [1.165, 1.54) is 11.3 Å². The molecule has 0 amide bonds. The molecule has 0 saturated carbocycles. The van der Waals surface area contributed by atoms with Gasteiger partial charge in [-0.15, -0.1) is 11.3 Å². The molecule has 34 heavy (non-hydrogen) atoms. The number of hydrazone groups is 1. The Hall–Kier alpha value is -3.07. The van der Waals surface area contributed by atoms with Crippen molar-refractivity contribution >= 4 is 43.5 Å². The molecule has 8 heteroatoms. The molecule has 0 bridgehead atoms. The van der Waals surface area contributed by atoms with Crippen molar-refractivity contribution in [2.75, 3.05) is 18.5 Å². The molecular weight excluding hydrogens is 464 g/mol. The van der Waals surface area contributed by atoms with Crippen molar-refractivity contribution in [3.63, 3.8) is 0 Å². The van der Waals surface area contributed by atoms with Crippen LogP contribution in [0.5, 0.6) is 0 Å². The Morgan fingerprint density at radius 3 is 2.82 bits per heavy atom. The summed E-state index contributed by atoms with van der Waals surface area (Å²) in [5.41, 5.74) is 5.51. The number of aromatic nitrogens is 1. The van der Waals surface area contributed by atoms with Gasteiger partial charge in [-0.05, 0) is 41.7 Å². The Kier molecular flexibility index (Phi) is 6.45. The monoisotopic (exact) mass is 490 g/mol. The van der Waals surface area contributed by atoms with Crippen LogP contribution in [0, 0.1) is 5.92 Å². The summed E-state index contributed by atoms with van der Waals surface area (Å²) < 4.78 is 27.9. The minimum atomic E-state index is -3.51. The van der Waals surface area contributed by atoms with E-state index in [-0.39, 0.29) is 0 Å². The molecule has 174 valence electrons. The lowest BCUT2D eigenvalue weighted by Gasteiger charge is -2.30. The maximum absolute atomic E-state index is 13.2. The van der Waals surface area contributed by atoms with E-state index in [0.717, 1.165) is 40.4 Å². The Balaban J connectivity index is 1.32. The lowest BCUT2D eigenvalue weighted by Crippen LogP contribution is -2.39. The third-order valence-electron chi connectivity index (χ3n) is 6.08. The topological polar surface area (TPSA) is 74.7 Å². The minimum Gasteiger partial charge on any atom is -0.253 e. The molecule has 1 aromatic heterocycles. The fourth-order valence-electron chi connectivity index (χ4n) is 4.31. The summed E-state index contributed by atoms with van der Waals surface area (Å²) >= 11 is 1.43. The first kappa shape index (κ1) is 22.7. The van der Waals surface area contributed by atoms with Gasteiger partial charge in [0.2, 0.25) is 15.2 Å². The number of nitrogens with zero attached hydrogens (tertiary/aromatic N) is 3. The van der Waals surface area contributed by atoms with Crippen molar-refractivity contribution < 1.29 is 8.42 Å². The number of thiazole rings is 1. The number of sulfonamides is 1. The van der Waals surface area contributed by atoms with Crippen molar-refractivity contribution in [2.24, 2.45) is 11.0 Å². The van der Waals surface area contributed by atoms with Crippen LogP contribution in [0.1, 0.15) is 25.3 Å². The van der Waals surface area contributed by atoms with Gasteiger partial charge in [-0.25, -0.2) is 13.4 Å². The Labute approximate surface area is 204 Å². The fourth-order valence-corrected chi connectivity index (χ4v) is 6.62. The summed E-state index contributed by atoms with van der Waals surface area (Å²) in [6.45, 7) is 3.26. The number of hydrogen-bond acceptors (Lipinski definition) is 6. The van der Waals surface area contributed by atoms with Crippen molar-refractivity contribution in [1.82, 2.24) is 9.29 Å². The molecule has 1 fully saturated rings. The van der Waals surface area contributed by atoms with Gasteiger partial charge in [0.25, 0.3) is 0 Å². The maximum Gasteiger partial charge on any atom is 0.243 e. The van der Waals surface area contributed by atoms with Crippen molar-refractivity contribution in [2.45, 2.75) is 24.7 Å². The second-order valence-electron chi connectivity index (χ2n) is 8.61. The molecule has 6 nitrogen and oxygen atoms in total. The van der Waals surface area contributed by atoms with Crippen LogP contribution in [0.3, 0.4) is 0 Å². The number of hydrogen-bond donors (Lipinski definition) is 1. The summed E-state index contributed by atoms with van der Waals surface area (Å²) in [6, 6.07) is 21.3. The van der Waals surface area contributed by atoms with E-state index >= 15 is 0 Å².